The Morgan fingerprint density at radius 1 is 1.23 bits per heavy atom. The Morgan fingerprint density at radius 2 is 2.00 bits per heavy atom. The van der Waals surface area contributed by atoms with Gasteiger partial charge in [-0.15, -0.1) is 0 Å². The summed E-state index contributed by atoms with van der Waals surface area (Å²) < 4.78 is 4.27. The van der Waals surface area contributed by atoms with Gasteiger partial charge in [0.05, 0.1) is 23.5 Å². The number of carbonyl (C=O) groups is 1. The molecule has 0 saturated heterocycles. The summed E-state index contributed by atoms with van der Waals surface area (Å²) >= 11 is 0. The number of rotatable bonds is 6. The molecule has 3 aromatic rings. The largest absolute Gasteiger partial charge is 0.345 e. The summed E-state index contributed by atoms with van der Waals surface area (Å²) in [5.41, 5.74) is 5.78. The summed E-state index contributed by atoms with van der Waals surface area (Å²) in [5.74, 6) is 0.907. The summed E-state index contributed by atoms with van der Waals surface area (Å²) in [6.07, 6.45) is 4.60. The molecule has 0 N–H and O–H groups in total. The first-order chi connectivity index (χ1) is 14.5. The van der Waals surface area contributed by atoms with Crippen LogP contribution in [0.4, 0.5) is 0 Å². The number of aryl methyl sites for hydroxylation is 2. The van der Waals surface area contributed by atoms with E-state index in [1.807, 2.05) is 41.0 Å². The van der Waals surface area contributed by atoms with E-state index in [4.69, 9.17) is 0 Å². The average molecular weight is 406 g/mol. The number of aromatic nitrogens is 4. The molecule has 4 rings (SSSR count). The monoisotopic (exact) mass is 405 g/mol. The van der Waals surface area contributed by atoms with Gasteiger partial charge >= 0.3 is 0 Å². The normalized spacial score (nSPS) is 15.8. The molecule has 3 heterocycles. The highest BCUT2D eigenvalue weighted by molar-refractivity contribution is 5.83. The van der Waals surface area contributed by atoms with E-state index in [-0.39, 0.29) is 11.8 Å². The van der Waals surface area contributed by atoms with Crippen molar-refractivity contribution in [3.05, 3.63) is 59.3 Å². The zero-order valence-electron chi connectivity index (χ0n) is 18.4. The molecular weight excluding hydrogens is 374 g/mol. The molecule has 2 aromatic heterocycles. The van der Waals surface area contributed by atoms with Crippen molar-refractivity contribution in [2.75, 3.05) is 13.6 Å². The fourth-order valence-electron chi connectivity index (χ4n) is 4.62. The molecule has 0 fully saturated rings. The number of fused-ring (bicyclic) bond motifs is 1. The summed E-state index contributed by atoms with van der Waals surface area (Å²) in [7, 11) is 1.91. The first-order valence-electron chi connectivity index (χ1n) is 10.9. The highest BCUT2D eigenvalue weighted by Crippen LogP contribution is 2.32. The van der Waals surface area contributed by atoms with E-state index in [2.05, 4.69) is 47.6 Å². The maximum absolute atomic E-state index is 13.3. The molecule has 0 spiro atoms. The lowest BCUT2D eigenvalue weighted by atomic mass is 9.96. The van der Waals surface area contributed by atoms with Crippen LogP contribution in [0, 0.1) is 13.8 Å². The fourth-order valence-corrected chi connectivity index (χ4v) is 4.62. The van der Waals surface area contributed by atoms with E-state index < -0.39 is 0 Å². The van der Waals surface area contributed by atoms with E-state index in [1.54, 1.807) is 0 Å². The number of hydrogen-bond acceptors (Lipinski definition) is 3. The van der Waals surface area contributed by atoms with Gasteiger partial charge in [0.2, 0.25) is 5.91 Å². The third-order valence-electron chi connectivity index (χ3n) is 6.34. The maximum Gasteiger partial charge on any atom is 0.233 e. The van der Waals surface area contributed by atoms with Crippen LogP contribution in [0.3, 0.4) is 0 Å². The highest BCUT2D eigenvalue weighted by atomic mass is 16.2. The Hall–Kier alpha value is -2.89. The molecule has 1 aliphatic rings. The van der Waals surface area contributed by atoms with Crippen LogP contribution in [-0.4, -0.2) is 43.7 Å². The second kappa shape index (κ2) is 8.46. The van der Waals surface area contributed by atoms with Crippen molar-refractivity contribution in [3.8, 4) is 11.3 Å². The SMILES string of the molecule is CCn1nc(C)c(CCN(C)C(=O)C2CCCn3c(-c4ccccc4)cnc32)c1C. The highest BCUT2D eigenvalue weighted by Gasteiger charge is 2.32. The second-order valence-electron chi connectivity index (χ2n) is 8.19. The molecule has 158 valence electrons. The molecule has 1 aliphatic heterocycles. The predicted molar refractivity (Wildman–Crippen MR) is 118 cm³/mol. The lowest BCUT2D eigenvalue weighted by molar-refractivity contribution is -0.132. The van der Waals surface area contributed by atoms with Crippen LogP contribution in [0.5, 0.6) is 0 Å². The van der Waals surface area contributed by atoms with Gasteiger partial charge in [0.15, 0.2) is 0 Å². The van der Waals surface area contributed by atoms with Crippen LogP contribution in [0.2, 0.25) is 0 Å². The number of hydrogen-bond donors (Lipinski definition) is 0. The van der Waals surface area contributed by atoms with Crippen LogP contribution >= 0.6 is 0 Å². The molecule has 0 bridgehead atoms. The Bertz CT molecular complexity index is 1030. The van der Waals surface area contributed by atoms with E-state index in [0.29, 0.717) is 6.54 Å². The van der Waals surface area contributed by atoms with Crippen molar-refractivity contribution in [2.24, 2.45) is 0 Å². The maximum atomic E-state index is 13.3. The molecule has 1 amide bonds. The Kier molecular flexibility index (Phi) is 5.75. The molecule has 1 atom stereocenters. The predicted octanol–water partition coefficient (Wildman–Crippen LogP) is 3.96. The number of amides is 1. The first-order valence-corrected chi connectivity index (χ1v) is 10.9. The van der Waals surface area contributed by atoms with Gasteiger partial charge in [-0.1, -0.05) is 30.3 Å². The molecule has 0 saturated carbocycles. The minimum absolute atomic E-state index is 0.165. The summed E-state index contributed by atoms with van der Waals surface area (Å²) in [6, 6.07) is 10.3. The molecule has 1 aromatic carbocycles. The number of nitrogens with zero attached hydrogens (tertiary/aromatic N) is 5. The summed E-state index contributed by atoms with van der Waals surface area (Å²) in [5, 5.41) is 4.60. The molecule has 30 heavy (non-hydrogen) atoms. The van der Waals surface area contributed by atoms with Gasteiger partial charge in [-0.2, -0.15) is 5.10 Å². The lowest BCUT2D eigenvalue weighted by Gasteiger charge is -2.28. The zero-order valence-corrected chi connectivity index (χ0v) is 18.4. The van der Waals surface area contributed by atoms with Crippen molar-refractivity contribution >= 4 is 5.91 Å². The van der Waals surface area contributed by atoms with Crippen LogP contribution in [-0.2, 0) is 24.3 Å². The molecule has 1 unspecified atom stereocenters. The second-order valence-corrected chi connectivity index (χ2v) is 8.19. The van der Waals surface area contributed by atoms with Crippen LogP contribution in [0.15, 0.2) is 36.5 Å². The molecule has 6 heteroatoms. The standard InChI is InChI=1S/C24H31N5O/c1-5-29-18(3)20(17(2)26-29)13-15-27(4)24(30)21-12-9-14-28-22(16-25-23(21)28)19-10-7-6-8-11-19/h6-8,10-11,16,21H,5,9,12-15H2,1-4H3. The van der Waals surface area contributed by atoms with Gasteiger partial charge in [0.1, 0.15) is 5.82 Å². The van der Waals surface area contributed by atoms with Crippen LogP contribution in [0.25, 0.3) is 11.3 Å². The van der Waals surface area contributed by atoms with Crippen LogP contribution < -0.4 is 0 Å². The van der Waals surface area contributed by atoms with E-state index in [0.717, 1.165) is 55.1 Å². The first kappa shape index (κ1) is 20.4. The van der Waals surface area contributed by atoms with Crippen molar-refractivity contribution in [3.63, 3.8) is 0 Å². The van der Waals surface area contributed by atoms with Crippen molar-refractivity contribution in [2.45, 2.75) is 59.0 Å². The Labute approximate surface area is 178 Å². The quantitative estimate of drug-likeness (QED) is 0.624. The van der Waals surface area contributed by atoms with Gasteiger partial charge in [-0.25, -0.2) is 4.98 Å². The average Bonchev–Trinajstić information content (AvgIpc) is 3.32. The van der Waals surface area contributed by atoms with Crippen LogP contribution in [0.1, 0.15) is 48.5 Å². The minimum Gasteiger partial charge on any atom is -0.345 e. The van der Waals surface area contributed by atoms with E-state index >= 15 is 0 Å². The van der Waals surface area contributed by atoms with Crippen molar-refractivity contribution in [1.82, 2.24) is 24.2 Å². The third kappa shape index (κ3) is 3.66. The van der Waals surface area contributed by atoms with Gasteiger partial charge in [-0.05, 0) is 51.2 Å². The number of benzene rings is 1. The number of imidazole rings is 1. The zero-order chi connectivity index (χ0) is 21.3. The van der Waals surface area contributed by atoms with Gasteiger partial charge in [-0.3, -0.25) is 9.48 Å². The number of carbonyl (C=O) groups excluding carboxylic acids is 1. The molecule has 0 radical (unpaired) electrons. The van der Waals surface area contributed by atoms with E-state index in [9.17, 15) is 4.79 Å². The van der Waals surface area contributed by atoms with E-state index in [1.165, 1.54) is 11.3 Å². The van der Waals surface area contributed by atoms with Gasteiger partial charge in [0.25, 0.3) is 0 Å². The Morgan fingerprint density at radius 3 is 2.70 bits per heavy atom. The summed E-state index contributed by atoms with van der Waals surface area (Å²) in [4.78, 5) is 19.9. The molecule has 0 aliphatic carbocycles. The minimum atomic E-state index is -0.165. The topological polar surface area (TPSA) is 56.0 Å². The summed E-state index contributed by atoms with van der Waals surface area (Å²) in [6.45, 7) is 8.76. The molecule has 6 nitrogen and oxygen atoms in total. The number of likely N-dealkylation sites (N-methyl/N-ethyl adjacent to an activating group) is 1. The Balaban J connectivity index is 1.50. The van der Waals surface area contributed by atoms with Crippen molar-refractivity contribution < 1.29 is 4.79 Å². The smallest absolute Gasteiger partial charge is 0.233 e. The third-order valence-corrected chi connectivity index (χ3v) is 6.34. The lowest BCUT2D eigenvalue weighted by Crippen LogP contribution is -2.36. The van der Waals surface area contributed by atoms with Gasteiger partial charge < -0.3 is 9.47 Å². The van der Waals surface area contributed by atoms with Gasteiger partial charge in [0, 0.05) is 32.4 Å². The fraction of sp³-hybridized carbons (Fsp3) is 0.458. The van der Waals surface area contributed by atoms with Crippen molar-refractivity contribution in [1.29, 1.82) is 0 Å². The molecular formula is C24H31N5O.